The number of hydrogen-bond donors (Lipinski definition) is 0. The molecular weight excluding hydrogens is 730 g/mol. The van der Waals surface area contributed by atoms with Crippen LogP contribution in [0.25, 0.3) is 112 Å². The van der Waals surface area contributed by atoms with Crippen molar-refractivity contribution in [2.24, 2.45) is 0 Å². The summed E-state index contributed by atoms with van der Waals surface area (Å²) in [6.45, 7) is 8.00. The van der Waals surface area contributed by atoms with E-state index in [1.165, 1.54) is 95.8 Å². The van der Waals surface area contributed by atoms with Crippen LogP contribution in [-0.4, -0.2) is 14.5 Å². The fraction of sp³-hybridized carbons (Fsp3) is 0. The average molecular weight is 761 g/mol. The van der Waals surface area contributed by atoms with Crippen molar-refractivity contribution >= 4 is 82.6 Å². The van der Waals surface area contributed by atoms with Crippen molar-refractivity contribution in [1.82, 2.24) is 0 Å². The summed E-state index contributed by atoms with van der Waals surface area (Å²) in [7, 11) is 0. The molecule has 1 nitrogen and oxygen atoms in total. The molecule has 1 heterocycles. The van der Waals surface area contributed by atoms with Crippen LogP contribution >= 0.6 is 0 Å². The van der Waals surface area contributed by atoms with E-state index < -0.39 is 0 Å². The third kappa shape index (κ3) is 4.85. The summed E-state index contributed by atoms with van der Waals surface area (Å²) in [6.07, 6.45) is 0. The molecule has 10 aromatic carbocycles. The van der Waals surface area contributed by atoms with Crippen LogP contribution in [0.4, 0.5) is 5.69 Å². The molecule has 2 heteroatoms. The van der Waals surface area contributed by atoms with Gasteiger partial charge < -0.3 is 0 Å². The molecule has 0 bridgehead atoms. The minimum atomic E-state index is 0.124. The summed E-state index contributed by atoms with van der Waals surface area (Å²) in [4.78, 5) is 3.94. The van der Waals surface area contributed by atoms with Crippen LogP contribution in [0, 0.1) is 6.57 Å². The number of benzene rings is 10. The van der Waals surface area contributed by atoms with Crippen LogP contribution in [0.2, 0.25) is 0 Å². The fourth-order valence-electron chi connectivity index (χ4n) is 9.00. The first-order chi connectivity index (χ1) is 27.3. The van der Waals surface area contributed by atoms with Crippen LogP contribution in [0.15, 0.2) is 188 Å². The zero-order valence-electron chi connectivity index (χ0n) is 29.8. The van der Waals surface area contributed by atoms with Crippen molar-refractivity contribution in [3.63, 3.8) is 0 Å². The number of nitrogens with zero attached hydrogens (tertiary/aromatic N) is 1. The molecule has 0 aliphatic heterocycles. The van der Waals surface area contributed by atoms with Gasteiger partial charge in [-0.05, 0) is 0 Å². The average Bonchev–Trinajstić information content (AvgIpc) is 3.63. The molecule has 0 atom stereocenters. The van der Waals surface area contributed by atoms with Gasteiger partial charge in [0.05, 0.1) is 0 Å². The maximum atomic E-state index is 8.00. The molecule has 0 spiro atoms. The first kappa shape index (κ1) is 31.7. The van der Waals surface area contributed by atoms with Crippen molar-refractivity contribution in [2.45, 2.75) is 0 Å². The normalized spacial score (nSPS) is 11.6. The van der Waals surface area contributed by atoms with E-state index >= 15 is 0 Å². The summed E-state index contributed by atoms with van der Waals surface area (Å²) in [6, 6.07) is 68.4. The number of fused-ring (bicyclic) bond motifs is 7. The zero-order chi connectivity index (χ0) is 36.5. The Labute approximate surface area is 324 Å². The Hall–Kier alpha value is -6.75. The molecule has 11 rings (SSSR count). The van der Waals surface area contributed by atoms with Crippen molar-refractivity contribution in [3.8, 4) is 44.5 Å². The Morgan fingerprint density at radius 3 is 1.33 bits per heavy atom. The van der Waals surface area contributed by atoms with E-state index in [0.717, 1.165) is 11.1 Å². The Balaban J connectivity index is 1.18. The molecular formula is C53H31NSe. The number of rotatable bonds is 4. The Morgan fingerprint density at radius 2 is 0.764 bits per heavy atom. The number of para-hydroxylation sites is 1. The first-order valence-corrected chi connectivity index (χ1v) is 20.3. The van der Waals surface area contributed by atoms with E-state index in [-0.39, 0.29) is 14.5 Å². The van der Waals surface area contributed by atoms with E-state index in [9.17, 15) is 0 Å². The first-order valence-electron chi connectivity index (χ1n) is 18.6. The van der Waals surface area contributed by atoms with Gasteiger partial charge in [-0.25, -0.2) is 0 Å². The van der Waals surface area contributed by atoms with Crippen molar-refractivity contribution in [2.75, 3.05) is 0 Å². The summed E-state index contributed by atoms with van der Waals surface area (Å²) in [5, 5.41) is 12.5. The second-order valence-electron chi connectivity index (χ2n) is 14.2. The van der Waals surface area contributed by atoms with Gasteiger partial charge in [0.15, 0.2) is 0 Å². The van der Waals surface area contributed by atoms with Crippen LogP contribution in [0.1, 0.15) is 0 Å². The fourth-order valence-corrected chi connectivity index (χ4v) is 11.5. The predicted molar refractivity (Wildman–Crippen MR) is 236 cm³/mol. The quantitative estimate of drug-likeness (QED) is 0.0956. The van der Waals surface area contributed by atoms with E-state index in [4.69, 9.17) is 6.57 Å². The standard InChI is InChI=1S/C53H31NSe/c1-54-47-29-14-13-26-44(47)51-39-22-9-11-24-41(39)52(42-25-12-10-23-40(42)51)45-28-15-27-43-46-32-34(30-31-48(46)55-53(43)45)50-37-20-7-5-18-35(37)49(33-16-3-2-4-17-33)36-19-6-8-21-38(36)50/h2-32H. The van der Waals surface area contributed by atoms with E-state index in [2.05, 4.69) is 175 Å². The van der Waals surface area contributed by atoms with Gasteiger partial charge in [-0.2, -0.15) is 0 Å². The van der Waals surface area contributed by atoms with Gasteiger partial charge in [-0.15, -0.1) is 0 Å². The molecule has 254 valence electrons. The van der Waals surface area contributed by atoms with Gasteiger partial charge >= 0.3 is 327 Å². The second-order valence-corrected chi connectivity index (χ2v) is 16.4. The van der Waals surface area contributed by atoms with Crippen molar-refractivity contribution in [3.05, 3.63) is 199 Å². The van der Waals surface area contributed by atoms with E-state index in [1.54, 1.807) is 0 Å². The van der Waals surface area contributed by atoms with Gasteiger partial charge in [-0.1, -0.05) is 0 Å². The van der Waals surface area contributed by atoms with E-state index in [0.29, 0.717) is 5.69 Å². The topological polar surface area (TPSA) is 4.36 Å². The molecule has 55 heavy (non-hydrogen) atoms. The Morgan fingerprint density at radius 1 is 0.327 bits per heavy atom. The van der Waals surface area contributed by atoms with Crippen molar-refractivity contribution < 1.29 is 0 Å². The molecule has 11 aromatic rings. The molecule has 0 amide bonds. The van der Waals surface area contributed by atoms with Crippen molar-refractivity contribution in [1.29, 1.82) is 0 Å². The molecule has 0 fully saturated rings. The third-order valence-corrected chi connectivity index (χ3v) is 13.8. The predicted octanol–water partition coefficient (Wildman–Crippen LogP) is 14.9. The Bertz CT molecular complexity index is 3270. The van der Waals surface area contributed by atoms with Gasteiger partial charge in [0.1, 0.15) is 0 Å². The maximum absolute atomic E-state index is 8.00. The number of hydrogen-bond acceptors (Lipinski definition) is 0. The molecule has 0 unspecified atom stereocenters. The molecule has 0 N–H and O–H groups in total. The monoisotopic (exact) mass is 761 g/mol. The third-order valence-electron chi connectivity index (χ3n) is 11.3. The summed E-state index contributed by atoms with van der Waals surface area (Å²) < 4.78 is 2.85. The summed E-state index contributed by atoms with van der Waals surface area (Å²) in [5.74, 6) is 0. The minimum absolute atomic E-state index is 0.124. The van der Waals surface area contributed by atoms with Gasteiger partial charge in [0, 0.05) is 0 Å². The molecule has 1 aromatic heterocycles. The van der Waals surface area contributed by atoms with Gasteiger partial charge in [0.2, 0.25) is 0 Å². The van der Waals surface area contributed by atoms with E-state index in [1.807, 2.05) is 18.2 Å². The molecule has 0 aliphatic carbocycles. The van der Waals surface area contributed by atoms with Crippen LogP contribution < -0.4 is 0 Å². The van der Waals surface area contributed by atoms with Crippen LogP contribution in [0.5, 0.6) is 0 Å². The SMILES string of the molecule is [C-]#[N+]c1ccccc1-c1c2ccccc2c(-c2cccc3c2[se]c2ccc(-c4c5ccccc5c(-c5ccccc5)c5ccccc45)cc23)c2ccccc12. The summed E-state index contributed by atoms with van der Waals surface area (Å²) in [5.41, 5.74) is 10.4. The molecule has 0 saturated carbocycles. The van der Waals surface area contributed by atoms with Crippen LogP contribution in [-0.2, 0) is 0 Å². The van der Waals surface area contributed by atoms with Gasteiger partial charge in [-0.3, -0.25) is 0 Å². The second kappa shape index (κ2) is 12.7. The molecule has 0 saturated heterocycles. The zero-order valence-corrected chi connectivity index (χ0v) is 31.5. The Kier molecular flexibility index (Phi) is 7.32. The van der Waals surface area contributed by atoms with Crippen LogP contribution in [0.3, 0.4) is 0 Å². The van der Waals surface area contributed by atoms with Gasteiger partial charge in [0.25, 0.3) is 0 Å². The molecule has 0 radical (unpaired) electrons. The molecule has 0 aliphatic rings. The summed E-state index contributed by atoms with van der Waals surface area (Å²) >= 11 is 0.124.